The molecule has 0 fully saturated rings. The van der Waals surface area contributed by atoms with E-state index < -0.39 is 29.8 Å². The van der Waals surface area contributed by atoms with Crippen molar-refractivity contribution in [2.45, 2.75) is 31.5 Å². The van der Waals surface area contributed by atoms with Gasteiger partial charge >= 0.3 is 6.61 Å². The lowest BCUT2D eigenvalue weighted by molar-refractivity contribution is -0.0538. The molecule has 41 heavy (non-hydrogen) atoms. The molecule has 0 amide bonds. The molecule has 0 saturated carbocycles. The molecule has 218 valence electrons. The summed E-state index contributed by atoms with van der Waals surface area (Å²) in [6.45, 7) is -1.18. The average Bonchev–Trinajstić information content (AvgIpc) is 2.93. The van der Waals surface area contributed by atoms with Crippen LogP contribution in [0.25, 0.3) is 10.9 Å². The Kier molecular flexibility index (Phi) is 9.41. The fourth-order valence-corrected chi connectivity index (χ4v) is 5.31. The molecule has 11 heteroatoms. The first-order chi connectivity index (χ1) is 19.5. The third-order valence-corrected chi connectivity index (χ3v) is 7.41. The van der Waals surface area contributed by atoms with Crippen molar-refractivity contribution in [3.63, 3.8) is 0 Å². The van der Waals surface area contributed by atoms with E-state index in [-0.39, 0.29) is 29.3 Å². The SMILES string of the molecule is COc1cc([C@](O)(CCN(C)C)[C@@H](c2cc3cc(Br)ccc3nc2OC)c2cccc(C)c2F)cc(OC(F)F)n1. The molecule has 1 N–H and O–H groups in total. The van der Waals surface area contributed by atoms with Crippen molar-refractivity contribution in [3.8, 4) is 17.6 Å². The molecule has 2 atom stereocenters. The average molecular weight is 634 g/mol. The molecule has 0 saturated heterocycles. The molecule has 2 aromatic carbocycles. The van der Waals surface area contributed by atoms with Gasteiger partial charge in [0.2, 0.25) is 17.6 Å². The molecule has 0 bridgehead atoms. The maximum Gasteiger partial charge on any atom is 0.388 e. The number of hydrogen-bond donors (Lipinski definition) is 1. The van der Waals surface area contributed by atoms with E-state index in [2.05, 4.69) is 30.6 Å². The maximum absolute atomic E-state index is 16.0. The Morgan fingerprint density at radius 2 is 1.71 bits per heavy atom. The second-order valence-corrected chi connectivity index (χ2v) is 10.8. The maximum atomic E-state index is 16.0. The largest absolute Gasteiger partial charge is 0.481 e. The first-order valence-electron chi connectivity index (χ1n) is 12.7. The van der Waals surface area contributed by atoms with E-state index in [1.807, 2.05) is 37.2 Å². The van der Waals surface area contributed by atoms with Gasteiger partial charge in [-0.25, -0.2) is 9.37 Å². The summed E-state index contributed by atoms with van der Waals surface area (Å²) in [7, 11) is 6.43. The third kappa shape index (κ3) is 6.58. The van der Waals surface area contributed by atoms with Crippen molar-refractivity contribution in [3.05, 3.63) is 87.1 Å². The van der Waals surface area contributed by atoms with Gasteiger partial charge in [0, 0.05) is 34.1 Å². The van der Waals surface area contributed by atoms with Gasteiger partial charge in [0.15, 0.2) is 0 Å². The summed E-state index contributed by atoms with van der Waals surface area (Å²) in [6, 6.07) is 14.9. The van der Waals surface area contributed by atoms with Crippen LogP contribution in [-0.2, 0) is 5.60 Å². The van der Waals surface area contributed by atoms with Crippen molar-refractivity contribution in [1.29, 1.82) is 0 Å². The van der Waals surface area contributed by atoms with Crippen LogP contribution >= 0.6 is 15.9 Å². The van der Waals surface area contributed by atoms with Crippen molar-refractivity contribution in [2.24, 2.45) is 0 Å². The minimum absolute atomic E-state index is 0.0546. The standard InChI is InChI=1S/C30H31BrF3N3O4/c1-17-7-6-8-21(27(17)32)26(22-14-18-13-20(31)9-10-23(18)35-28(22)40-5)30(38,11-12-37(2)3)19-15-24(39-4)36-25(16-19)41-29(33)34/h6-10,13-16,26,29,38H,11-12H2,1-5H3/t26-,30-/m1/s1. The Balaban J connectivity index is 2.10. The molecule has 2 aromatic heterocycles. The normalized spacial score (nSPS) is 13.9. The number of nitrogens with zero attached hydrogens (tertiary/aromatic N) is 3. The molecule has 4 rings (SSSR count). The zero-order chi connectivity index (χ0) is 29.9. The summed E-state index contributed by atoms with van der Waals surface area (Å²) in [5.74, 6) is -1.97. The Morgan fingerprint density at radius 1 is 0.976 bits per heavy atom. The minimum Gasteiger partial charge on any atom is -0.481 e. The van der Waals surface area contributed by atoms with Gasteiger partial charge in [0.05, 0.1) is 25.7 Å². The zero-order valence-electron chi connectivity index (χ0n) is 23.3. The van der Waals surface area contributed by atoms with Crippen molar-refractivity contribution in [2.75, 3.05) is 34.9 Å². The van der Waals surface area contributed by atoms with Crippen LogP contribution in [0.2, 0.25) is 0 Å². The first kappa shape index (κ1) is 30.5. The van der Waals surface area contributed by atoms with Crippen LogP contribution in [0.4, 0.5) is 13.2 Å². The van der Waals surface area contributed by atoms with Crippen LogP contribution in [0.1, 0.15) is 34.6 Å². The molecule has 4 aromatic rings. The predicted molar refractivity (Wildman–Crippen MR) is 153 cm³/mol. The number of methoxy groups -OCH3 is 2. The van der Waals surface area contributed by atoms with Crippen LogP contribution in [-0.4, -0.2) is 61.4 Å². The number of pyridine rings is 2. The van der Waals surface area contributed by atoms with Gasteiger partial charge in [-0.2, -0.15) is 13.8 Å². The molecular weight excluding hydrogens is 603 g/mol. The van der Waals surface area contributed by atoms with Crippen LogP contribution in [0.5, 0.6) is 17.6 Å². The molecule has 0 aliphatic heterocycles. The number of fused-ring (bicyclic) bond motifs is 1. The Morgan fingerprint density at radius 3 is 2.37 bits per heavy atom. The smallest absolute Gasteiger partial charge is 0.388 e. The van der Waals surface area contributed by atoms with E-state index in [1.165, 1.54) is 26.4 Å². The predicted octanol–water partition coefficient (Wildman–Crippen LogP) is 6.43. The van der Waals surface area contributed by atoms with Gasteiger partial charge in [-0.15, -0.1) is 0 Å². The number of alkyl halides is 2. The van der Waals surface area contributed by atoms with E-state index in [9.17, 15) is 13.9 Å². The topological polar surface area (TPSA) is 76.9 Å². The second-order valence-electron chi connectivity index (χ2n) is 9.93. The highest BCUT2D eigenvalue weighted by Gasteiger charge is 2.44. The van der Waals surface area contributed by atoms with Gasteiger partial charge in [0.1, 0.15) is 11.4 Å². The number of aryl methyl sites for hydroxylation is 1. The lowest BCUT2D eigenvalue weighted by atomic mass is 9.71. The lowest BCUT2D eigenvalue weighted by Crippen LogP contribution is -2.38. The van der Waals surface area contributed by atoms with Gasteiger partial charge in [-0.1, -0.05) is 34.1 Å². The monoisotopic (exact) mass is 633 g/mol. The second kappa shape index (κ2) is 12.6. The fraction of sp³-hybridized carbons (Fsp3) is 0.333. The number of halogens is 4. The van der Waals surface area contributed by atoms with Gasteiger partial charge < -0.3 is 24.2 Å². The van der Waals surface area contributed by atoms with Crippen molar-refractivity contribution in [1.82, 2.24) is 14.9 Å². The summed E-state index contributed by atoms with van der Waals surface area (Å²) >= 11 is 3.49. The molecule has 7 nitrogen and oxygen atoms in total. The van der Waals surface area contributed by atoms with Crippen LogP contribution < -0.4 is 14.2 Å². The molecule has 0 unspecified atom stereocenters. The highest BCUT2D eigenvalue weighted by molar-refractivity contribution is 9.10. The number of aliphatic hydroxyl groups is 1. The van der Waals surface area contributed by atoms with Crippen LogP contribution in [0.3, 0.4) is 0 Å². The van der Waals surface area contributed by atoms with Crippen LogP contribution in [0.15, 0.2) is 59.1 Å². The van der Waals surface area contributed by atoms with Crippen LogP contribution in [0, 0.1) is 12.7 Å². The molecule has 0 radical (unpaired) electrons. The van der Waals surface area contributed by atoms with Crippen molar-refractivity contribution < 1.29 is 32.5 Å². The summed E-state index contributed by atoms with van der Waals surface area (Å²) in [4.78, 5) is 10.5. The van der Waals surface area contributed by atoms with E-state index in [1.54, 1.807) is 31.2 Å². The Hall–Kier alpha value is -3.41. The van der Waals surface area contributed by atoms with E-state index >= 15 is 4.39 Å². The van der Waals surface area contributed by atoms with E-state index in [0.29, 0.717) is 23.2 Å². The van der Waals surface area contributed by atoms with E-state index in [4.69, 9.17) is 9.47 Å². The highest BCUT2D eigenvalue weighted by atomic mass is 79.9. The number of ether oxygens (including phenoxy) is 3. The Labute approximate surface area is 245 Å². The first-order valence-corrected chi connectivity index (χ1v) is 13.5. The van der Waals surface area contributed by atoms with E-state index in [0.717, 1.165) is 9.86 Å². The quantitative estimate of drug-likeness (QED) is 0.204. The van der Waals surface area contributed by atoms with Gasteiger partial charge in [0.25, 0.3) is 0 Å². The molecule has 0 aliphatic carbocycles. The summed E-state index contributed by atoms with van der Waals surface area (Å²) in [5, 5.41) is 13.5. The number of rotatable bonds is 11. The summed E-state index contributed by atoms with van der Waals surface area (Å²) in [6.07, 6.45) is 0.0546. The molecule has 2 heterocycles. The number of aromatic nitrogens is 2. The third-order valence-electron chi connectivity index (χ3n) is 6.92. The molecule has 0 spiro atoms. The van der Waals surface area contributed by atoms with Gasteiger partial charge in [-0.3, -0.25) is 0 Å². The number of hydrogen-bond acceptors (Lipinski definition) is 7. The van der Waals surface area contributed by atoms with Crippen molar-refractivity contribution >= 4 is 26.8 Å². The molecular formula is C30H31BrF3N3O4. The minimum atomic E-state index is -3.16. The highest BCUT2D eigenvalue weighted by Crippen LogP contribution is 2.49. The zero-order valence-corrected chi connectivity index (χ0v) is 24.9. The molecule has 0 aliphatic rings. The fourth-order valence-electron chi connectivity index (χ4n) is 4.93. The lowest BCUT2D eigenvalue weighted by Gasteiger charge is -2.39. The summed E-state index contributed by atoms with van der Waals surface area (Å²) < 4.78 is 58.9. The Bertz CT molecular complexity index is 1540. The number of benzene rings is 2. The van der Waals surface area contributed by atoms with Gasteiger partial charge in [-0.05, 0) is 68.4 Å². The summed E-state index contributed by atoms with van der Waals surface area (Å²) in [5.41, 5.74) is -0.198.